The number of pyridine rings is 1. The molecule has 0 aliphatic carbocycles. The Bertz CT molecular complexity index is 605. The predicted molar refractivity (Wildman–Crippen MR) is 110 cm³/mol. The van der Waals surface area contributed by atoms with Crippen LogP contribution in [0, 0.1) is 0 Å². The number of thioether (sulfide) groups is 1. The van der Waals surface area contributed by atoms with Crippen molar-refractivity contribution >= 4 is 42.1 Å². The number of hydrogen-bond acceptors (Lipinski definition) is 3. The molecule has 1 aliphatic rings. The molecule has 0 N–H and O–H groups in total. The Morgan fingerprint density at radius 3 is 2.54 bits per heavy atom. The topological polar surface area (TPSA) is 16.1 Å². The van der Waals surface area contributed by atoms with Gasteiger partial charge in [-0.25, -0.2) is 0 Å². The van der Waals surface area contributed by atoms with Crippen LogP contribution in [0.15, 0.2) is 60.9 Å². The lowest BCUT2D eigenvalue weighted by Gasteiger charge is -2.26. The second kappa shape index (κ2) is 11.5. The first kappa shape index (κ1) is 21.0. The highest BCUT2D eigenvalue weighted by atomic mass is 35.5. The zero-order valence-corrected chi connectivity index (χ0v) is 16.1. The van der Waals surface area contributed by atoms with E-state index in [0.717, 1.165) is 18.7 Å². The van der Waals surface area contributed by atoms with Crippen LogP contribution in [0.5, 0.6) is 0 Å². The Morgan fingerprint density at radius 2 is 1.88 bits per heavy atom. The fourth-order valence-corrected chi connectivity index (χ4v) is 3.63. The molecule has 2 nitrogen and oxygen atoms in total. The van der Waals surface area contributed by atoms with Crippen molar-refractivity contribution in [2.75, 3.05) is 25.4 Å². The molecule has 2 heterocycles. The molecule has 24 heavy (non-hydrogen) atoms. The third-order valence-electron chi connectivity index (χ3n) is 3.98. The smallest absolute Gasteiger partial charge is 0.0308 e. The zero-order chi connectivity index (χ0) is 15.0. The minimum Gasteiger partial charge on any atom is -0.299 e. The van der Waals surface area contributed by atoms with Crippen molar-refractivity contribution in [2.24, 2.45) is 0 Å². The van der Waals surface area contributed by atoms with Gasteiger partial charge in [0.2, 0.25) is 0 Å². The van der Waals surface area contributed by atoms with Crippen LogP contribution in [0.25, 0.3) is 5.57 Å². The summed E-state index contributed by atoms with van der Waals surface area (Å²) in [5, 5.41) is 0. The molecule has 0 unspecified atom stereocenters. The van der Waals surface area contributed by atoms with Gasteiger partial charge in [-0.1, -0.05) is 42.5 Å². The Morgan fingerprint density at radius 1 is 1.04 bits per heavy atom. The minimum atomic E-state index is 0. The van der Waals surface area contributed by atoms with E-state index in [2.05, 4.69) is 52.4 Å². The van der Waals surface area contributed by atoms with Crippen LogP contribution in [0.1, 0.15) is 17.5 Å². The second-order valence-corrected chi connectivity index (χ2v) is 6.67. The van der Waals surface area contributed by atoms with Crippen LogP contribution >= 0.6 is 36.6 Å². The summed E-state index contributed by atoms with van der Waals surface area (Å²) in [6.07, 6.45) is 7.35. The number of halogens is 2. The van der Waals surface area contributed by atoms with Gasteiger partial charge in [0.15, 0.2) is 0 Å². The molecule has 1 aromatic heterocycles. The van der Waals surface area contributed by atoms with Crippen LogP contribution in [0.2, 0.25) is 0 Å². The van der Waals surface area contributed by atoms with Gasteiger partial charge in [0.05, 0.1) is 0 Å². The summed E-state index contributed by atoms with van der Waals surface area (Å²) in [5.74, 6) is 2.25. The van der Waals surface area contributed by atoms with Gasteiger partial charge in [0, 0.05) is 43.5 Å². The standard InChI is InChI=1S/C19H22N2S.2ClH/c1-2-6-18(7-3-1)19-8-11-21(12-9-19)13-14-22-16-17-5-4-10-20-15-17;;/h1-8,10,15H,9,11-14,16H2;2*1H. The van der Waals surface area contributed by atoms with Crippen molar-refractivity contribution in [3.8, 4) is 0 Å². The van der Waals surface area contributed by atoms with Crippen LogP contribution in [0.3, 0.4) is 0 Å². The molecule has 0 radical (unpaired) electrons. The highest BCUT2D eigenvalue weighted by molar-refractivity contribution is 7.98. The van der Waals surface area contributed by atoms with Crippen molar-refractivity contribution in [1.29, 1.82) is 0 Å². The second-order valence-electron chi connectivity index (χ2n) is 5.56. The van der Waals surface area contributed by atoms with E-state index < -0.39 is 0 Å². The van der Waals surface area contributed by atoms with E-state index >= 15 is 0 Å². The maximum atomic E-state index is 4.16. The maximum Gasteiger partial charge on any atom is 0.0308 e. The van der Waals surface area contributed by atoms with Gasteiger partial charge in [-0.15, -0.1) is 24.8 Å². The molecule has 1 aromatic carbocycles. The Hall–Kier alpha value is -1.00. The fourth-order valence-electron chi connectivity index (χ4n) is 2.70. The van der Waals surface area contributed by atoms with Crippen molar-refractivity contribution in [3.05, 3.63) is 72.1 Å². The maximum absolute atomic E-state index is 4.16. The van der Waals surface area contributed by atoms with E-state index in [0.29, 0.717) is 0 Å². The molecule has 0 spiro atoms. The molecule has 130 valence electrons. The van der Waals surface area contributed by atoms with E-state index in [-0.39, 0.29) is 24.8 Å². The minimum absolute atomic E-state index is 0. The third kappa shape index (κ3) is 6.48. The normalized spacial score (nSPS) is 14.2. The van der Waals surface area contributed by atoms with Crippen molar-refractivity contribution in [3.63, 3.8) is 0 Å². The number of rotatable bonds is 6. The van der Waals surface area contributed by atoms with Gasteiger partial charge < -0.3 is 0 Å². The van der Waals surface area contributed by atoms with Crippen molar-refractivity contribution in [2.45, 2.75) is 12.2 Å². The molecule has 0 saturated carbocycles. The van der Waals surface area contributed by atoms with Crippen LogP contribution in [0.4, 0.5) is 0 Å². The van der Waals surface area contributed by atoms with Gasteiger partial charge >= 0.3 is 0 Å². The molecule has 5 heteroatoms. The van der Waals surface area contributed by atoms with Gasteiger partial charge in [-0.3, -0.25) is 9.88 Å². The average Bonchev–Trinajstić information content (AvgIpc) is 2.61. The van der Waals surface area contributed by atoms with E-state index in [1.807, 2.05) is 30.2 Å². The first-order valence-electron chi connectivity index (χ1n) is 7.85. The lowest BCUT2D eigenvalue weighted by atomic mass is 10.00. The molecule has 0 fully saturated rings. The summed E-state index contributed by atoms with van der Waals surface area (Å²) < 4.78 is 0. The highest BCUT2D eigenvalue weighted by Crippen LogP contribution is 2.22. The molecule has 3 rings (SSSR count). The third-order valence-corrected chi connectivity index (χ3v) is 4.99. The van der Waals surface area contributed by atoms with Crippen LogP contribution in [-0.2, 0) is 5.75 Å². The average molecular weight is 383 g/mol. The summed E-state index contributed by atoms with van der Waals surface area (Å²) in [6.45, 7) is 3.43. The lowest BCUT2D eigenvalue weighted by molar-refractivity contribution is 0.321. The number of hydrogen-bond donors (Lipinski definition) is 0. The molecule has 0 saturated heterocycles. The van der Waals surface area contributed by atoms with Gasteiger partial charge in [0.25, 0.3) is 0 Å². The van der Waals surface area contributed by atoms with Crippen LogP contribution < -0.4 is 0 Å². The monoisotopic (exact) mass is 382 g/mol. The van der Waals surface area contributed by atoms with Gasteiger partial charge in [-0.2, -0.15) is 11.8 Å². The molecule has 0 bridgehead atoms. The van der Waals surface area contributed by atoms with Gasteiger partial charge in [-0.05, 0) is 29.2 Å². The molecular formula is C19H24Cl2N2S. The first-order chi connectivity index (χ1) is 10.9. The molecular weight excluding hydrogens is 359 g/mol. The van der Waals surface area contributed by atoms with E-state index in [9.17, 15) is 0 Å². The largest absolute Gasteiger partial charge is 0.299 e. The van der Waals surface area contributed by atoms with E-state index in [1.165, 1.54) is 35.5 Å². The zero-order valence-electron chi connectivity index (χ0n) is 13.6. The first-order valence-corrected chi connectivity index (χ1v) is 9.01. The Labute approximate surface area is 161 Å². The molecule has 1 aliphatic heterocycles. The molecule has 2 aromatic rings. The predicted octanol–water partition coefficient (Wildman–Crippen LogP) is 4.95. The van der Waals surface area contributed by atoms with Crippen molar-refractivity contribution in [1.82, 2.24) is 9.88 Å². The lowest BCUT2D eigenvalue weighted by Crippen LogP contribution is -2.30. The van der Waals surface area contributed by atoms with Crippen molar-refractivity contribution < 1.29 is 0 Å². The fraction of sp³-hybridized carbons (Fsp3) is 0.316. The number of nitrogens with zero attached hydrogens (tertiary/aromatic N) is 2. The van der Waals surface area contributed by atoms with E-state index in [1.54, 1.807) is 0 Å². The van der Waals surface area contributed by atoms with E-state index in [4.69, 9.17) is 0 Å². The summed E-state index contributed by atoms with van der Waals surface area (Å²) in [7, 11) is 0. The summed E-state index contributed by atoms with van der Waals surface area (Å²) in [4.78, 5) is 6.70. The summed E-state index contributed by atoms with van der Waals surface area (Å²) >= 11 is 1.99. The SMILES string of the molecule is C1=C(c2ccccc2)CCN(CCSCc2cccnc2)C1.Cl.Cl. The number of aromatic nitrogens is 1. The Kier molecular flexibility index (Phi) is 10.1. The number of benzene rings is 1. The Balaban J connectivity index is 0.00000144. The van der Waals surface area contributed by atoms with Crippen LogP contribution in [-0.4, -0.2) is 35.3 Å². The summed E-state index contributed by atoms with van der Waals surface area (Å²) in [6, 6.07) is 14.9. The molecule has 0 amide bonds. The molecule has 0 atom stereocenters. The highest BCUT2D eigenvalue weighted by Gasteiger charge is 2.12. The van der Waals surface area contributed by atoms with Gasteiger partial charge in [0.1, 0.15) is 0 Å². The summed E-state index contributed by atoms with van der Waals surface area (Å²) in [5.41, 5.74) is 4.20. The quantitative estimate of drug-likeness (QED) is 0.657.